The first-order valence-electron chi connectivity index (χ1n) is 7.33. The van der Waals surface area contributed by atoms with Gasteiger partial charge in [0.05, 0.1) is 0 Å². The van der Waals surface area contributed by atoms with Crippen molar-refractivity contribution >= 4 is 0 Å². The Morgan fingerprint density at radius 2 is 1.44 bits per heavy atom. The lowest BCUT2D eigenvalue weighted by atomic mass is 9.87. The van der Waals surface area contributed by atoms with Crippen LogP contribution < -0.4 is 0 Å². The third kappa shape index (κ3) is 9.00. The highest BCUT2D eigenvalue weighted by molar-refractivity contribution is 4.67. The van der Waals surface area contributed by atoms with E-state index in [4.69, 9.17) is 0 Å². The van der Waals surface area contributed by atoms with E-state index in [1.165, 1.54) is 57.8 Å². The summed E-state index contributed by atoms with van der Waals surface area (Å²) in [6.07, 6.45) is 14.4. The lowest BCUT2D eigenvalue weighted by molar-refractivity contribution is 0.324. The number of hydrogen-bond donors (Lipinski definition) is 0. The highest BCUT2D eigenvalue weighted by atomic mass is 14.2. The second-order valence-corrected chi connectivity index (χ2v) is 5.38. The molecule has 0 bridgehead atoms. The minimum Gasteiger partial charge on any atom is -0.103 e. The summed E-state index contributed by atoms with van der Waals surface area (Å²) in [4.78, 5) is 0. The van der Waals surface area contributed by atoms with Gasteiger partial charge in [-0.2, -0.15) is 0 Å². The van der Waals surface area contributed by atoms with Crippen molar-refractivity contribution in [3.05, 3.63) is 12.7 Å². The lowest BCUT2D eigenvalue weighted by Crippen LogP contribution is -2.08. The molecule has 0 amide bonds. The van der Waals surface area contributed by atoms with Gasteiger partial charge in [-0.25, -0.2) is 0 Å². The maximum atomic E-state index is 3.77. The van der Waals surface area contributed by atoms with Gasteiger partial charge in [0.2, 0.25) is 0 Å². The number of hydrogen-bond acceptors (Lipinski definition) is 0. The third-order valence-corrected chi connectivity index (χ3v) is 3.80. The topological polar surface area (TPSA) is 0 Å². The van der Waals surface area contributed by atoms with E-state index in [0.717, 1.165) is 11.8 Å². The summed E-state index contributed by atoms with van der Waals surface area (Å²) in [5, 5.41) is 0. The van der Waals surface area contributed by atoms with Gasteiger partial charge in [0.15, 0.2) is 0 Å². The van der Waals surface area contributed by atoms with Gasteiger partial charge in [-0.1, -0.05) is 71.8 Å². The third-order valence-electron chi connectivity index (χ3n) is 3.80. The average Bonchev–Trinajstić information content (AvgIpc) is 2.29. The molecule has 0 saturated carbocycles. The number of allylic oxidation sites excluding steroid dienone is 1. The zero-order valence-electron chi connectivity index (χ0n) is 11.8. The molecule has 0 heteroatoms. The van der Waals surface area contributed by atoms with E-state index in [9.17, 15) is 0 Å². The monoisotopic (exact) mass is 224 g/mol. The van der Waals surface area contributed by atoms with Crippen molar-refractivity contribution < 1.29 is 0 Å². The van der Waals surface area contributed by atoms with Gasteiger partial charge in [-0.15, -0.1) is 6.58 Å². The van der Waals surface area contributed by atoms with Crippen LogP contribution in [-0.2, 0) is 0 Å². The largest absolute Gasteiger partial charge is 0.103 e. The summed E-state index contributed by atoms with van der Waals surface area (Å²) in [5.41, 5.74) is 0. The molecule has 0 aromatic carbocycles. The first kappa shape index (κ1) is 15.7. The molecule has 0 aliphatic rings. The Morgan fingerprint density at radius 3 is 1.94 bits per heavy atom. The first-order valence-corrected chi connectivity index (χ1v) is 7.33. The molecule has 0 heterocycles. The fourth-order valence-electron chi connectivity index (χ4n) is 2.22. The van der Waals surface area contributed by atoms with Crippen molar-refractivity contribution in [2.45, 2.75) is 78.6 Å². The minimum absolute atomic E-state index is 0.909. The number of rotatable bonds is 11. The summed E-state index contributed by atoms with van der Waals surface area (Å²) < 4.78 is 0. The second-order valence-electron chi connectivity index (χ2n) is 5.38. The molecule has 0 aliphatic carbocycles. The Labute approximate surface area is 104 Å². The molecule has 0 aliphatic heterocycles. The zero-order valence-corrected chi connectivity index (χ0v) is 11.8. The van der Waals surface area contributed by atoms with Crippen LogP contribution in [0.25, 0.3) is 0 Å². The van der Waals surface area contributed by atoms with Crippen LogP contribution in [0, 0.1) is 11.8 Å². The van der Waals surface area contributed by atoms with Crippen LogP contribution in [-0.4, -0.2) is 0 Å². The predicted molar refractivity (Wildman–Crippen MR) is 75.8 cm³/mol. The molecule has 0 spiro atoms. The standard InChI is InChI=1S/C16H32/c1-5-7-9-11-13-15(3)16(4)14-12-10-8-6-2/h5,15-16H,1,6-14H2,2-4H3. The van der Waals surface area contributed by atoms with Crippen LogP contribution in [0.3, 0.4) is 0 Å². The van der Waals surface area contributed by atoms with E-state index < -0.39 is 0 Å². The van der Waals surface area contributed by atoms with Gasteiger partial charge < -0.3 is 0 Å². The van der Waals surface area contributed by atoms with Crippen molar-refractivity contribution in [2.75, 3.05) is 0 Å². The summed E-state index contributed by atoms with van der Waals surface area (Å²) >= 11 is 0. The molecule has 0 saturated heterocycles. The zero-order chi connectivity index (χ0) is 12.2. The molecule has 0 rings (SSSR count). The minimum atomic E-state index is 0.909. The van der Waals surface area contributed by atoms with E-state index in [-0.39, 0.29) is 0 Å². The van der Waals surface area contributed by atoms with Gasteiger partial charge >= 0.3 is 0 Å². The Bertz CT molecular complexity index is 148. The van der Waals surface area contributed by atoms with Crippen LogP contribution >= 0.6 is 0 Å². The molecular weight excluding hydrogens is 192 g/mol. The van der Waals surface area contributed by atoms with Crippen molar-refractivity contribution in [3.8, 4) is 0 Å². The molecule has 0 nitrogen and oxygen atoms in total. The van der Waals surface area contributed by atoms with E-state index >= 15 is 0 Å². The quantitative estimate of drug-likeness (QED) is 0.299. The van der Waals surface area contributed by atoms with E-state index in [1.54, 1.807) is 0 Å². The molecule has 0 N–H and O–H groups in total. The fraction of sp³-hybridized carbons (Fsp3) is 0.875. The normalized spacial score (nSPS) is 14.7. The summed E-state index contributed by atoms with van der Waals surface area (Å²) in [5.74, 6) is 1.83. The molecule has 96 valence electrons. The highest BCUT2D eigenvalue weighted by Gasteiger charge is 2.10. The smallest absolute Gasteiger partial charge is 0.0353 e. The Balaban J connectivity index is 3.41. The second kappa shape index (κ2) is 11.2. The molecule has 0 aromatic rings. The molecule has 2 unspecified atom stereocenters. The fourth-order valence-corrected chi connectivity index (χ4v) is 2.22. The average molecular weight is 224 g/mol. The maximum Gasteiger partial charge on any atom is -0.0353 e. The van der Waals surface area contributed by atoms with Crippen LogP contribution in [0.4, 0.5) is 0 Å². The van der Waals surface area contributed by atoms with Crippen LogP contribution in [0.2, 0.25) is 0 Å². The molecule has 0 fully saturated rings. The van der Waals surface area contributed by atoms with E-state index in [1.807, 2.05) is 6.08 Å². The van der Waals surface area contributed by atoms with Gasteiger partial charge in [0.25, 0.3) is 0 Å². The maximum absolute atomic E-state index is 3.77. The summed E-state index contributed by atoms with van der Waals surface area (Å²) in [6.45, 7) is 10.9. The van der Waals surface area contributed by atoms with Crippen LogP contribution in [0.5, 0.6) is 0 Å². The summed E-state index contributed by atoms with van der Waals surface area (Å²) in [6, 6.07) is 0. The highest BCUT2D eigenvalue weighted by Crippen LogP contribution is 2.23. The Kier molecular flexibility index (Phi) is 11.0. The van der Waals surface area contributed by atoms with E-state index in [0.29, 0.717) is 0 Å². The Hall–Kier alpha value is -0.260. The van der Waals surface area contributed by atoms with Crippen LogP contribution in [0.15, 0.2) is 12.7 Å². The SMILES string of the molecule is C=CCCCCC(C)C(C)CCCCCC. The molecule has 2 atom stereocenters. The van der Waals surface area contributed by atoms with Gasteiger partial charge in [0.1, 0.15) is 0 Å². The van der Waals surface area contributed by atoms with Crippen molar-refractivity contribution in [1.29, 1.82) is 0 Å². The van der Waals surface area contributed by atoms with Gasteiger partial charge in [-0.05, 0) is 24.7 Å². The van der Waals surface area contributed by atoms with Gasteiger partial charge in [0, 0.05) is 0 Å². The van der Waals surface area contributed by atoms with Crippen molar-refractivity contribution in [3.63, 3.8) is 0 Å². The molecule has 0 radical (unpaired) electrons. The predicted octanol–water partition coefficient (Wildman–Crippen LogP) is 5.98. The Morgan fingerprint density at radius 1 is 0.875 bits per heavy atom. The summed E-state index contributed by atoms with van der Waals surface area (Å²) in [7, 11) is 0. The van der Waals surface area contributed by atoms with E-state index in [2.05, 4.69) is 27.4 Å². The van der Waals surface area contributed by atoms with Crippen molar-refractivity contribution in [2.24, 2.45) is 11.8 Å². The number of unbranched alkanes of at least 4 members (excludes halogenated alkanes) is 5. The molecule has 0 aromatic heterocycles. The van der Waals surface area contributed by atoms with Crippen LogP contribution in [0.1, 0.15) is 78.6 Å². The van der Waals surface area contributed by atoms with Crippen molar-refractivity contribution in [1.82, 2.24) is 0 Å². The first-order chi connectivity index (χ1) is 7.72. The lowest BCUT2D eigenvalue weighted by Gasteiger charge is -2.19. The molecule has 16 heavy (non-hydrogen) atoms. The molecular formula is C16H32. The van der Waals surface area contributed by atoms with Gasteiger partial charge in [-0.3, -0.25) is 0 Å².